The number of hydrogen-bond donors (Lipinski definition) is 1. The second-order valence-electron chi connectivity index (χ2n) is 5.92. The van der Waals surface area contributed by atoms with E-state index in [1.165, 1.54) is 0 Å². The van der Waals surface area contributed by atoms with Crippen LogP contribution in [0.1, 0.15) is 5.56 Å². The number of amidine groups is 1. The zero-order valence-corrected chi connectivity index (χ0v) is 15.2. The van der Waals surface area contributed by atoms with Gasteiger partial charge in [-0.05, 0) is 48.5 Å². The van der Waals surface area contributed by atoms with Crippen LogP contribution in [0.5, 0.6) is 11.5 Å². The molecular weight excluding hydrogens is 340 g/mol. The lowest BCUT2D eigenvalue weighted by atomic mass is 10.2. The van der Waals surface area contributed by atoms with E-state index in [0.717, 1.165) is 34.3 Å². The summed E-state index contributed by atoms with van der Waals surface area (Å²) in [6, 6.07) is 25.6. The Morgan fingerprint density at radius 3 is 1.81 bits per heavy atom. The van der Waals surface area contributed by atoms with Crippen LogP contribution >= 0.6 is 0 Å². The van der Waals surface area contributed by atoms with Crippen LogP contribution in [-0.4, -0.2) is 20.1 Å². The molecule has 0 aliphatic carbocycles. The molecule has 3 aromatic rings. The first-order valence-electron chi connectivity index (χ1n) is 8.57. The van der Waals surface area contributed by atoms with Gasteiger partial charge in [-0.3, -0.25) is 5.43 Å². The molecule has 1 aliphatic heterocycles. The lowest BCUT2D eigenvalue weighted by Crippen LogP contribution is -2.44. The van der Waals surface area contributed by atoms with Crippen LogP contribution in [0.15, 0.2) is 84.0 Å². The molecule has 0 saturated heterocycles. The van der Waals surface area contributed by atoms with Crippen LogP contribution in [0.25, 0.3) is 0 Å². The van der Waals surface area contributed by atoms with Crippen LogP contribution in [0.3, 0.4) is 0 Å². The number of benzene rings is 3. The first-order valence-corrected chi connectivity index (χ1v) is 8.57. The number of nitrogens with zero attached hydrogens (tertiary/aromatic N) is 3. The number of nitrogens with one attached hydrogen (secondary N) is 1. The minimum Gasteiger partial charge on any atom is -0.497 e. The molecule has 0 spiro atoms. The second-order valence-corrected chi connectivity index (χ2v) is 5.92. The van der Waals surface area contributed by atoms with Crippen LogP contribution in [0.4, 0.5) is 11.4 Å². The third-order valence-electron chi connectivity index (χ3n) is 4.26. The zero-order chi connectivity index (χ0) is 18.6. The summed E-state index contributed by atoms with van der Waals surface area (Å²) in [5.74, 6) is 2.37. The summed E-state index contributed by atoms with van der Waals surface area (Å²) in [4.78, 5) is 0. The molecule has 0 unspecified atom stereocenters. The van der Waals surface area contributed by atoms with E-state index in [1.807, 2.05) is 89.1 Å². The molecule has 0 aromatic heterocycles. The number of rotatable bonds is 5. The highest BCUT2D eigenvalue weighted by Gasteiger charge is 2.26. The third-order valence-corrected chi connectivity index (χ3v) is 4.26. The van der Waals surface area contributed by atoms with E-state index >= 15 is 0 Å². The molecule has 0 amide bonds. The van der Waals surface area contributed by atoms with Gasteiger partial charge in [0.2, 0.25) is 0 Å². The van der Waals surface area contributed by atoms with E-state index in [4.69, 9.17) is 14.6 Å². The Labute approximate surface area is 158 Å². The minimum absolute atomic E-state index is 0.766. The molecule has 6 nitrogen and oxygen atoms in total. The second kappa shape index (κ2) is 7.29. The predicted octanol–water partition coefficient (Wildman–Crippen LogP) is 3.81. The highest BCUT2D eigenvalue weighted by Crippen LogP contribution is 2.28. The Bertz CT molecular complexity index is 925. The Hall–Kier alpha value is -3.67. The van der Waals surface area contributed by atoms with Gasteiger partial charge in [0.15, 0.2) is 5.84 Å². The summed E-state index contributed by atoms with van der Waals surface area (Å²) < 4.78 is 10.5. The molecule has 0 fully saturated rings. The van der Waals surface area contributed by atoms with E-state index < -0.39 is 0 Å². The quantitative estimate of drug-likeness (QED) is 0.750. The number of ether oxygens (including phenoxy) is 2. The zero-order valence-electron chi connectivity index (χ0n) is 15.2. The Morgan fingerprint density at radius 1 is 0.704 bits per heavy atom. The van der Waals surface area contributed by atoms with E-state index in [2.05, 4.69) is 5.43 Å². The maximum atomic E-state index is 5.26. The number of hydrogen-bond acceptors (Lipinski definition) is 6. The summed E-state index contributed by atoms with van der Waals surface area (Å²) in [6.07, 6.45) is 0. The van der Waals surface area contributed by atoms with Gasteiger partial charge >= 0.3 is 0 Å². The van der Waals surface area contributed by atoms with Crippen molar-refractivity contribution in [3.63, 3.8) is 0 Å². The van der Waals surface area contributed by atoms with Gasteiger partial charge in [0.1, 0.15) is 11.5 Å². The molecule has 27 heavy (non-hydrogen) atoms. The molecule has 0 atom stereocenters. The van der Waals surface area contributed by atoms with Crippen molar-refractivity contribution in [2.75, 3.05) is 24.5 Å². The molecule has 0 radical (unpaired) electrons. The number of anilines is 2. The summed E-state index contributed by atoms with van der Waals surface area (Å²) >= 11 is 0. The topological polar surface area (TPSA) is 49.3 Å². The van der Waals surface area contributed by atoms with Crippen molar-refractivity contribution in [3.05, 3.63) is 84.4 Å². The maximum absolute atomic E-state index is 5.26. The largest absolute Gasteiger partial charge is 0.497 e. The van der Waals surface area contributed by atoms with Crippen LogP contribution in [0.2, 0.25) is 0 Å². The molecule has 1 heterocycles. The monoisotopic (exact) mass is 360 g/mol. The highest BCUT2D eigenvalue weighted by molar-refractivity contribution is 6.02. The van der Waals surface area contributed by atoms with Crippen molar-refractivity contribution in [1.82, 2.24) is 5.43 Å². The van der Waals surface area contributed by atoms with Crippen molar-refractivity contribution >= 4 is 17.2 Å². The first-order chi connectivity index (χ1) is 13.3. The van der Waals surface area contributed by atoms with Gasteiger partial charge in [-0.2, -0.15) is 10.2 Å². The lowest BCUT2D eigenvalue weighted by molar-refractivity contribution is 0.414. The smallest absolute Gasteiger partial charge is 0.176 e. The van der Waals surface area contributed by atoms with Gasteiger partial charge in [0.05, 0.1) is 25.6 Å². The van der Waals surface area contributed by atoms with Crippen molar-refractivity contribution in [2.24, 2.45) is 5.10 Å². The van der Waals surface area contributed by atoms with Crippen LogP contribution in [0, 0.1) is 0 Å². The van der Waals surface area contributed by atoms with Crippen molar-refractivity contribution in [3.8, 4) is 11.5 Å². The molecule has 1 aliphatic rings. The molecule has 0 bridgehead atoms. The summed E-state index contributed by atoms with van der Waals surface area (Å²) in [5.41, 5.74) is 6.22. The van der Waals surface area contributed by atoms with Crippen molar-refractivity contribution in [2.45, 2.75) is 0 Å². The van der Waals surface area contributed by atoms with Crippen molar-refractivity contribution < 1.29 is 9.47 Å². The number of hydrazine groups is 2. The summed E-state index contributed by atoms with van der Waals surface area (Å²) in [7, 11) is 3.31. The van der Waals surface area contributed by atoms with E-state index in [0.29, 0.717) is 0 Å². The molecular formula is C21H20N4O2. The van der Waals surface area contributed by atoms with Gasteiger partial charge in [-0.1, -0.05) is 30.3 Å². The first kappa shape index (κ1) is 16.8. The fourth-order valence-electron chi connectivity index (χ4n) is 2.81. The molecule has 0 saturated carbocycles. The normalized spacial score (nSPS) is 13.2. The van der Waals surface area contributed by atoms with Gasteiger partial charge in [0, 0.05) is 5.56 Å². The predicted molar refractivity (Wildman–Crippen MR) is 107 cm³/mol. The van der Waals surface area contributed by atoms with Crippen LogP contribution in [-0.2, 0) is 0 Å². The number of hydrazone groups is 1. The van der Waals surface area contributed by atoms with E-state index in [9.17, 15) is 0 Å². The Balaban J connectivity index is 1.71. The lowest BCUT2D eigenvalue weighted by Gasteiger charge is -2.28. The van der Waals surface area contributed by atoms with E-state index in [-0.39, 0.29) is 0 Å². The van der Waals surface area contributed by atoms with Crippen molar-refractivity contribution in [1.29, 1.82) is 0 Å². The van der Waals surface area contributed by atoms with Gasteiger partial charge in [-0.15, -0.1) is 5.10 Å². The van der Waals surface area contributed by atoms with E-state index in [1.54, 1.807) is 14.2 Å². The standard InChI is InChI=1S/C21H20N4O2/c1-26-19-12-8-17(9-13-19)24-22-21(16-6-4-3-5-7-16)23-25(24)18-10-14-20(27-2)15-11-18/h3-15H,1-2H3,(H,22,23). The minimum atomic E-state index is 0.766. The third kappa shape index (κ3) is 3.37. The molecule has 6 heteroatoms. The fourth-order valence-corrected chi connectivity index (χ4v) is 2.81. The van der Waals surface area contributed by atoms with Gasteiger partial charge in [0.25, 0.3) is 0 Å². The average Bonchev–Trinajstić information content (AvgIpc) is 3.20. The highest BCUT2D eigenvalue weighted by atomic mass is 16.5. The molecule has 3 aromatic carbocycles. The van der Waals surface area contributed by atoms with Crippen LogP contribution < -0.4 is 25.1 Å². The van der Waals surface area contributed by atoms with Gasteiger partial charge in [-0.25, -0.2) is 0 Å². The summed E-state index contributed by atoms with van der Waals surface area (Å²) in [5, 5.41) is 8.49. The Morgan fingerprint density at radius 2 is 1.26 bits per heavy atom. The average molecular weight is 360 g/mol. The maximum Gasteiger partial charge on any atom is 0.176 e. The molecule has 136 valence electrons. The number of methoxy groups -OCH3 is 2. The SMILES string of the molecule is COc1ccc(N2N=C(c3ccccc3)NN2c2ccc(OC)cc2)cc1. The Kier molecular flexibility index (Phi) is 4.53. The molecule has 4 rings (SSSR count). The molecule has 1 N–H and O–H groups in total. The fraction of sp³-hybridized carbons (Fsp3) is 0.0952. The summed E-state index contributed by atoms with van der Waals surface area (Å²) in [6.45, 7) is 0. The van der Waals surface area contributed by atoms with Gasteiger partial charge < -0.3 is 9.47 Å².